The van der Waals surface area contributed by atoms with Gasteiger partial charge in [0.1, 0.15) is 22.8 Å². The number of hydrogen-bond acceptors (Lipinski definition) is 4. The van der Waals surface area contributed by atoms with Crippen molar-refractivity contribution in [3.05, 3.63) is 70.9 Å². The first-order chi connectivity index (χ1) is 11.3. The molecule has 0 saturated heterocycles. The zero-order valence-electron chi connectivity index (χ0n) is 12.4. The van der Waals surface area contributed by atoms with Gasteiger partial charge in [0.2, 0.25) is 0 Å². The average molecular weight is 351 g/mol. The minimum Gasteiger partial charge on any atom is -0.415 e. The van der Waals surface area contributed by atoms with Gasteiger partial charge in [0, 0.05) is 11.8 Å². The molecule has 0 fully saturated rings. The Kier molecular flexibility index (Phi) is 3.84. The number of rotatable bonds is 3. The van der Waals surface area contributed by atoms with Crippen molar-refractivity contribution in [2.75, 3.05) is 6.26 Å². The van der Waals surface area contributed by atoms with E-state index in [9.17, 15) is 22.0 Å². The second-order valence-electron chi connectivity index (χ2n) is 5.12. The molecule has 124 valence electrons. The van der Waals surface area contributed by atoms with E-state index in [0.29, 0.717) is 0 Å². The maximum atomic E-state index is 14.1. The normalized spacial score (nSPS) is 11.6. The van der Waals surface area contributed by atoms with Crippen LogP contribution in [-0.4, -0.2) is 19.2 Å². The molecule has 0 spiro atoms. The quantitative estimate of drug-likeness (QED) is 0.728. The molecule has 0 aliphatic rings. The summed E-state index contributed by atoms with van der Waals surface area (Å²) in [5.74, 6) is -2.28. The summed E-state index contributed by atoms with van der Waals surface area (Å²) in [6.07, 6.45) is 1.99. The minimum absolute atomic E-state index is 0.171. The van der Waals surface area contributed by atoms with Crippen molar-refractivity contribution in [3.63, 3.8) is 0 Å². The monoisotopic (exact) mass is 351 g/mol. The highest BCUT2D eigenvalue weighted by Gasteiger charge is 2.18. The Morgan fingerprint density at radius 3 is 2.46 bits per heavy atom. The smallest absolute Gasteiger partial charge is 0.415 e. The van der Waals surface area contributed by atoms with Crippen LogP contribution in [0.5, 0.6) is 0 Å². The number of hydrogen-bond donors (Lipinski definition) is 0. The first kappa shape index (κ1) is 16.1. The Balaban J connectivity index is 2.19. The molecule has 0 unspecified atom stereocenters. The Morgan fingerprint density at radius 1 is 1.08 bits per heavy atom. The highest BCUT2D eigenvalue weighted by Crippen LogP contribution is 2.25. The van der Waals surface area contributed by atoms with Gasteiger partial charge in [-0.25, -0.2) is 26.6 Å². The highest BCUT2D eigenvalue weighted by atomic mass is 32.2. The van der Waals surface area contributed by atoms with Gasteiger partial charge in [-0.2, -0.15) is 0 Å². The number of halogens is 2. The molecular formula is C16H11F2NO4S. The van der Waals surface area contributed by atoms with Gasteiger partial charge < -0.3 is 4.42 Å². The van der Waals surface area contributed by atoms with Gasteiger partial charge in [0.25, 0.3) is 0 Å². The molecule has 0 aliphatic carbocycles. The van der Waals surface area contributed by atoms with E-state index in [1.165, 1.54) is 24.3 Å². The van der Waals surface area contributed by atoms with Gasteiger partial charge >= 0.3 is 5.76 Å². The lowest BCUT2D eigenvalue weighted by molar-refractivity contribution is 0.504. The number of benzene rings is 2. The SMILES string of the molecule is CS(=O)(=O)c1ccc(-c2coc(=O)n2-c2cccc(F)c2)cc1F. The summed E-state index contributed by atoms with van der Waals surface area (Å²) in [6, 6.07) is 8.69. The van der Waals surface area contributed by atoms with Crippen LogP contribution >= 0.6 is 0 Å². The lowest BCUT2D eigenvalue weighted by Gasteiger charge is -2.08. The van der Waals surface area contributed by atoms with Gasteiger partial charge in [-0.15, -0.1) is 0 Å². The second-order valence-corrected chi connectivity index (χ2v) is 7.10. The molecular weight excluding hydrogens is 340 g/mol. The van der Waals surface area contributed by atoms with Gasteiger partial charge in [-0.3, -0.25) is 0 Å². The second kappa shape index (κ2) is 5.72. The van der Waals surface area contributed by atoms with E-state index in [2.05, 4.69) is 0 Å². The third-order valence-electron chi connectivity index (χ3n) is 3.39. The zero-order valence-corrected chi connectivity index (χ0v) is 13.2. The summed E-state index contributed by atoms with van der Waals surface area (Å²) in [5.41, 5.74) is 0.593. The van der Waals surface area contributed by atoms with E-state index in [4.69, 9.17) is 4.42 Å². The summed E-state index contributed by atoms with van der Waals surface area (Å²) in [4.78, 5) is 11.5. The Bertz CT molecular complexity index is 1080. The minimum atomic E-state index is -3.71. The van der Waals surface area contributed by atoms with Gasteiger partial charge in [0.05, 0.1) is 11.4 Å². The average Bonchev–Trinajstić information content (AvgIpc) is 2.87. The summed E-state index contributed by atoms with van der Waals surface area (Å²) in [7, 11) is -3.71. The van der Waals surface area contributed by atoms with Crippen LogP contribution in [0, 0.1) is 11.6 Å². The van der Waals surface area contributed by atoms with Crippen LogP contribution in [0.25, 0.3) is 16.9 Å². The van der Waals surface area contributed by atoms with Crippen LogP contribution in [0.15, 0.2) is 62.8 Å². The van der Waals surface area contributed by atoms with E-state index in [1.54, 1.807) is 0 Å². The first-order valence-electron chi connectivity index (χ1n) is 6.74. The Labute approximate surface area is 135 Å². The molecule has 1 heterocycles. The van der Waals surface area contributed by atoms with Gasteiger partial charge in [-0.1, -0.05) is 12.1 Å². The number of aromatic nitrogens is 1. The molecule has 0 saturated carbocycles. The molecule has 0 bridgehead atoms. The molecule has 8 heteroatoms. The van der Waals surface area contributed by atoms with Crippen LogP contribution in [-0.2, 0) is 9.84 Å². The molecule has 0 radical (unpaired) electrons. The molecule has 0 aliphatic heterocycles. The largest absolute Gasteiger partial charge is 0.424 e. The van der Waals surface area contributed by atoms with Crippen LogP contribution < -0.4 is 5.76 Å². The molecule has 0 amide bonds. The van der Waals surface area contributed by atoms with Crippen molar-refractivity contribution in [1.82, 2.24) is 4.57 Å². The molecule has 5 nitrogen and oxygen atoms in total. The van der Waals surface area contributed by atoms with E-state index >= 15 is 0 Å². The zero-order chi connectivity index (χ0) is 17.5. The lowest BCUT2D eigenvalue weighted by Crippen LogP contribution is -2.13. The highest BCUT2D eigenvalue weighted by molar-refractivity contribution is 7.90. The van der Waals surface area contributed by atoms with Crippen molar-refractivity contribution < 1.29 is 21.6 Å². The number of oxazole rings is 1. The Morgan fingerprint density at radius 2 is 1.83 bits per heavy atom. The number of sulfone groups is 1. The third-order valence-corrected chi connectivity index (χ3v) is 4.52. The maximum Gasteiger partial charge on any atom is 0.424 e. The summed E-state index contributed by atoms with van der Waals surface area (Å²) in [5, 5.41) is 0. The van der Waals surface area contributed by atoms with Gasteiger partial charge in [-0.05, 0) is 30.3 Å². The molecule has 1 aromatic heterocycles. The molecule has 0 N–H and O–H groups in total. The molecule has 2 aromatic carbocycles. The summed E-state index contributed by atoms with van der Waals surface area (Å²) in [6.45, 7) is 0. The van der Waals surface area contributed by atoms with Crippen molar-refractivity contribution >= 4 is 9.84 Å². The van der Waals surface area contributed by atoms with Crippen molar-refractivity contribution in [2.45, 2.75) is 4.90 Å². The van der Waals surface area contributed by atoms with Crippen LogP contribution in [0.3, 0.4) is 0 Å². The van der Waals surface area contributed by atoms with E-state index in [0.717, 1.165) is 35.3 Å². The maximum absolute atomic E-state index is 14.1. The van der Waals surface area contributed by atoms with E-state index in [1.807, 2.05) is 0 Å². The fourth-order valence-corrected chi connectivity index (χ4v) is 3.06. The molecule has 0 atom stereocenters. The third kappa shape index (κ3) is 2.88. The van der Waals surface area contributed by atoms with Crippen molar-refractivity contribution in [2.24, 2.45) is 0 Å². The predicted molar refractivity (Wildman–Crippen MR) is 82.8 cm³/mol. The topological polar surface area (TPSA) is 69.3 Å². The van der Waals surface area contributed by atoms with Crippen molar-refractivity contribution in [3.8, 4) is 16.9 Å². The fraction of sp³-hybridized carbons (Fsp3) is 0.0625. The predicted octanol–water partition coefficient (Wildman–Crippen LogP) is 2.78. The summed E-state index contributed by atoms with van der Waals surface area (Å²) < 4.78 is 56.3. The van der Waals surface area contributed by atoms with Gasteiger partial charge in [0.15, 0.2) is 9.84 Å². The number of nitrogens with zero attached hydrogens (tertiary/aromatic N) is 1. The molecule has 3 aromatic rings. The molecule has 24 heavy (non-hydrogen) atoms. The lowest BCUT2D eigenvalue weighted by atomic mass is 10.1. The standard InChI is InChI=1S/C16H11F2NO4S/c1-24(21,22)15-6-5-10(7-13(15)18)14-9-23-16(20)19(14)12-4-2-3-11(17)8-12/h2-9H,1H3. The molecule has 3 rings (SSSR count). The van der Waals surface area contributed by atoms with E-state index < -0.39 is 32.1 Å². The van der Waals surface area contributed by atoms with Crippen LogP contribution in [0.4, 0.5) is 8.78 Å². The Hall–Kier alpha value is -2.74. The van der Waals surface area contributed by atoms with Crippen LogP contribution in [0.2, 0.25) is 0 Å². The van der Waals surface area contributed by atoms with Crippen molar-refractivity contribution in [1.29, 1.82) is 0 Å². The fourth-order valence-electron chi connectivity index (χ4n) is 2.33. The summed E-state index contributed by atoms with van der Waals surface area (Å²) >= 11 is 0. The van der Waals surface area contributed by atoms with Crippen LogP contribution in [0.1, 0.15) is 0 Å². The first-order valence-corrected chi connectivity index (χ1v) is 8.63. The van der Waals surface area contributed by atoms with E-state index in [-0.39, 0.29) is 16.9 Å².